The first-order valence-electron chi connectivity index (χ1n) is 4.81. The molecule has 2 aromatic heterocycles. The van der Waals surface area contributed by atoms with Crippen molar-refractivity contribution in [1.29, 1.82) is 0 Å². The number of rotatable bonds is 2. The molecule has 1 N–H and O–H groups in total. The molecule has 9 heteroatoms. The Hall–Kier alpha value is -1.65. The van der Waals surface area contributed by atoms with Gasteiger partial charge in [0.05, 0.1) is 6.20 Å². The zero-order valence-electron chi connectivity index (χ0n) is 9.81. The van der Waals surface area contributed by atoms with Crippen LogP contribution in [0.4, 0.5) is 13.2 Å². The molecule has 0 amide bonds. The van der Waals surface area contributed by atoms with E-state index in [1.54, 1.807) is 0 Å². The molecule has 19 heavy (non-hydrogen) atoms. The van der Waals surface area contributed by atoms with Crippen LogP contribution >= 0.6 is 0 Å². The third-order valence-corrected chi connectivity index (χ3v) is 2.34. The SMILES string of the molecule is O=C(O)c1c([O-])n(CC(F)(F)F)c2cccc[n+]12.[Li+]. The van der Waals surface area contributed by atoms with Crippen molar-refractivity contribution in [1.82, 2.24) is 4.57 Å². The minimum Gasteiger partial charge on any atom is -0.839 e. The normalized spacial score (nSPS) is 11.3. The molecule has 2 aromatic rings. The van der Waals surface area contributed by atoms with Crippen molar-refractivity contribution in [2.24, 2.45) is 0 Å². The van der Waals surface area contributed by atoms with Gasteiger partial charge in [-0.05, 0) is 6.07 Å². The van der Waals surface area contributed by atoms with E-state index in [-0.39, 0.29) is 24.5 Å². The van der Waals surface area contributed by atoms with Crippen LogP contribution in [0.2, 0.25) is 0 Å². The predicted octanol–water partition coefficient (Wildman–Crippen LogP) is -2.44. The van der Waals surface area contributed by atoms with Gasteiger partial charge in [0.2, 0.25) is 5.69 Å². The number of aromatic nitrogens is 2. The maximum atomic E-state index is 12.3. The zero-order chi connectivity index (χ0) is 13.5. The van der Waals surface area contributed by atoms with E-state index in [0.29, 0.717) is 4.57 Å². The van der Waals surface area contributed by atoms with Crippen LogP contribution in [0.3, 0.4) is 0 Å². The van der Waals surface area contributed by atoms with E-state index in [1.165, 1.54) is 24.4 Å². The first-order chi connectivity index (χ1) is 8.31. The Labute approximate surface area is 117 Å². The summed E-state index contributed by atoms with van der Waals surface area (Å²) in [6, 6.07) is 4.10. The van der Waals surface area contributed by atoms with Gasteiger partial charge in [0.15, 0.2) is 6.54 Å². The number of imidazole rings is 1. The van der Waals surface area contributed by atoms with Crippen LogP contribution in [0.5, 0.6) is 5.88 Å². The van der Waals surface area contributed by atoms with Crippen LogP contribution < -0.4 is 28.4 Å². The smallest absolute Gasteiger partial charge is 0.839 e. The summed E-state index contributed by atoms with van der Waals surface area (Å²) in [6.07, 6.45) is -3.37. The third kappa shape index (κ3) is 2.85. The van der Waals surface area contributed by atoms with Gasteiger partial charge in [-0.2, -0.15) is 17.6 Å². The van der Waals surface area contributed by atoms with Gasteiger partial charge in [0.25, 0.3) is 5.65 Å². The van der Waals surface area contributed by atoms with Gasteiger partial charge >= 0.3 is 31.0 Å². The number of alkyl halides is 3. The van der Waals surface area contributed by atoms with Crippen molar-refractivity contribution < 1.29 is 51.4 Å². The fraction of sp³-hybridized carbons (Fsp3) is 0.200. The molecule has 0 spiro atoms. The van der Waals surface area contributed by atoms with Crippen LogP contribution in [0, 0.1) is 0 Å². The van der Waals surface area contributed by atoms with Gasteiger partial charge in [0, 0.05) is 6.07 Å². The van der Waals surface area contributed by atoms with Crippen LogP contribution in [0.25, 0.3) is 5.65 Å². The molecule has 0 saturated carbocycles. The van der Waals surface area contributed by atoms with Gasteiger partial charge < -0.3 is 10.2 Å². The molecule has 0 bridgehead atoms. The van der Waals surface area contributed by atoms with E-state index in [1.807, 2.05) is 0 Å². The summed E-state index contributed by atoms with van der Waals surface area (Å²) in [5.41, 5.74) is -0.827. The Kier molecular flexibility index (Phi) is 4.17. The summed E-state index contributed by atoms with van der Waals surface area (Å²) in [7, 11) is 0. The number of halogens is 3. The van der Waals surface area contributed by atoms with Crippen molar-refractivity contribution in [3.8, 4) is 5.88 Å². The second kappa shape index (κ2) is 5.15. The van der Waals surface area contributed by atoms with Gasteiger partial charge in [0.1, 0.15) is 5.88 Å². The molecule has 0 aromatic carbocycles. The van der Waals surface area contributed by atoms with E-state index in [9.17, 15) is 23.1 Å². The number of aromatic carboxylic acids is 1. The average molecular weight is 267 g/mol. The first kappa shape index (κ1) is 15.4. The summed E-state index contributed by atoms with van der Waals surface area (Å²) < 4.78 is 38.3. The van der Waals surface area contributed by atoms with Gasteiger partial charge in [-0.1, -0.05) is 6.07 Å². The van der Waals surface area contributed by atoms with Crippen LogP contribution in [0.15, 0.2) is 24.4 Å². The molecular weight excluding hydrogens is 260 g/mol. The molecule has 0 fully saturated rings. The van der Waals surface area contributed by atoms with Crippen LogP contribution in [-0.4, -0.2) is 21.8 Å². The minimum atomic E-state index is -4.60. The molecule has 2 heterocycles. The second-order valence-electron chi connectivity index (χ2n) is 3.59. The number of nitrogens with zero attached hydrogens (tertiary/aromatic N) is 2. The largest absolute Gasteiger partial charge is 1.00 e. The Balaban J connectivity index is 0.00000180. The van der Waals surface area contributed by atoms with Crippen molar-refractivity contribution in [2.75, 3.05) is 0 Å². The van der Waals surface area contributed by atoms with E-state index in [4.69, 9.17) is 5.11 Å². The summed E-state index contributed by atoms with van der Waals surface area (Å²) in [4.78, 5) is 10.9. The number of hydrogen-bond acceptors (Lipinski definition) is 2. The third-order valence-electron chi connectivity index (χ3n) is 2.34. The molecule has 0 unspecified atom stereocenters. The van der Waals surface area contributed by atoms with E-state index < -0.39 is 30.3 Å². The minimum absolute atomic E-state index is 0. The molecule has 0 atom stereocenters. The molecule has 0 aliphatic rings. The monoisotopic (exact) mass is 267 g/mol. The zero-order valence-corrected chi connectivity index (χ0v) is 9.81. The van der Waals surface area contributed by atoms with E-state index >= 15 is 0 Å². The average Bonchev–Trinajstić information content (AvgIpc) is 2.50. The summed E-state index contributed by atoms with van der Waals surface area (Å²) in [5.74, 6) is -2.74. The Morgan fingerprint density at radius 1 is 1.42 bits per heavy atom. The van der Waals surface area contributed by atoms with Crippen molar-refractivity contribution >= 4 is 11.6 Å². The van der Waals surface area contributed by atoms with Crippen molar-refractivity contribution in [3.05, 3.63) is 30.1 Å². The van der Waals surface area contributed by atoms with Gasteiger partial charge in [-0.25, -0.2) is 9.36 Å². The van der Waals surface area contributed by atoms with Crippen molar-refractivity contribution in [2.45, 2.75) is 12.7 Å². The maximum Gasteiger partial charge on any atom is 1.00 e. The molecule has 5 nitrogen and oxygen atoms in total. The fourth-order valence-electron chi connectivity index (χ4n) is 1.70. The predicted molar refractivity (Wildman–Crippen MR) is 50.1 cm³/mol. The molecule has 96 valence electrons. The fourth-order valence-corrected chi connectivity index (χ4v) is 1.70. The summed E-state index contributed by atoms with van der Waals surface area (Å²) in [6.45, 7) is -1.52. The molecule has 0 saturated heterocycles. The standard InChI is InChI=1S/C10H7F3N2O3.Li/c11-10(12,13)5-15-6-3-1-2-4-14(6)7(8(15)16)9(17)18;/h1-4H,5H2,(H-,16,17,18);/q;+1. The maximum absolute atomic E-state index is 12.3. The Bertz CT molecular complexity index is 624. The van der Waals surface area contributed by atoms with E-state index in [2.05, 4.69) is 0 Å². The van der Waals surface area contributed by atoms with E-state index in [0.717, 1.165) is 4.40 Å². The molecule has 0 aliphatic carbocycles. The Morgan fingerprint density at radius 2 is 2.05 bits per heavy atom. The summed E-state index contributed by atoms with van der Waals surface area (Å²) in [5, 5.41) is 20.5. The molecule has 0 aliphatic heterocycles. The number of pyridine rings is 1. The molecule has 0 radical (unpaired) electrons. The first-order valence-corrected chi connectivity index (χ1v) is 4.81. The topological polar surface area (TPSA) is 69.4 Å². The number of carboxylic acid groups (broad SMARTS) is 1. The van der Waals surface area contributed by atoms with Gasteiger partial charge in [-0.15, -0.1) is 0 Å². The Morgan fingerprint density at radius 3 is 2.58 bits per heavy atom. The second-order valence-corrected chi connectivity index (χ2v) is 3.59. The molecular formula is C10H7F3LiN2O3+. The van der Waals surface area contributed by atoms with Crippen LogP contribution in [0.1, 0.15) is 10.5 Å². The number of fused-ring (bicyclic) bond motifs is 1. The van der Waals surface area contributed by atoms with Gasteiger partial charge in [-0.3, -0.25) is 0 Å². The quantitative estimate of drug-likeness (QED) is 0.485. The number of carboxylic acids is 1. The molecule has 2 rings (SSSR count). The number of hydrogen-bond donors (Lipinski definition) is 1. The summed E-state index contributed by atoms with van der Waals surface area (Å²) >= 11 is 0. The van der Waals surface area contributed by atoms with Crippen LogP contribution in [-0.2, 0) is 6.54 Å². The van der Waals surface area contributed by atoms with Crippen molar-refractivity contribution in [3.63, 3.8) is 0 Å². The number of carbonyl (C=O) groups is 1.